The monoisotopic (exact) mass is 295 g/mol. The highest BCUT2D eigenvalue weighted by Gasteiger charge is 2.04. The fourth-order valence-electron chi connectivity index (χ4n) is 1.52. The average Bonchev–Trinajstić information content (AvgIpc) is 2.45. The molecule has 106 valence electrons. The largest absolute Gasteiger partial charge is 0.486 e. The number of benzene rings is 1. The summed E-state index contributed by atoms with van der Waals surface area (Å²) < 4.78 is 18.4. The Morgan fingerprint density at radius 3 is 2.80 bits per heavy atom. The van der Waals surface area contributed by atoms with Gasteiger partial charge in [-0.3, -0.25) is 4.98 Å². The van der Waals surface area contributed by atoms with E-state index in [9.17, 15) is 4.39 Å². The quantitative estimate of drug-likeness (QED) is 0.883. The number of hydrogen-bond donors (Lipinski definition) is 1. The number of rotatable bonds is 6. The van der Waals surface area contributed by atoms with Crippen molar-refractivity contribution in [1.82, 2.24) is 9.97 Å². The summed E-state index contributed by atoms with van der Waals surface area (Å²) in [7, 11) is 0. The van der Waals surface area contributed by atoms with Gasteiger partial charge in [0.05, 0.1) is 23.1 Å². The highest BCUT2D eigenvalue weighted by molar-refractivity contribution is 6.32. The van der Waals surface area contributed by atoms with E-state index in [-0.39, 0.29) is 11.6 Å². The van der Waals surface area contributed by atoms with Crippen LogP contribution in [0.1, 0.15) is 19.0 Å². The maximum atomic E-state index is 12.9. The summed E-state index contributed by atoms with van der Waals surface area (Å²) in [6.45, 7) is 3.16. The van der Waals surface area contributed by atoms with Crippen molar-refractivity contribution in [3.05, 3.63) is 47.1 Å². The zero-order valence-corrected chi connectivity index (χ0v) is 11.8. The SMILES string of the molecule is CCCNc1cnc(COc2ccc(F)cc2Cl)cn1. The molecule has 6 heteroatoms. The second-order valence-corrected chi connectivity index (χ2v) is 4.59. The van der Waals surface area contributed by atoms with Crippen molar-refractivity contribution in [3.8, 4) is 5.75 Å². The number of hydrogen-bond acceptors (Lipinski definition) is 4. The fraction of sp³-hybridized carbons (Fsp3) is 0.286. The van der Waals surface area contributed by atoms with Gasteiger partial charge in [-0.05, 0) is 24.6 Å². The lowest BCUT2D eigenvalue weighted by atomic mass is 10.3. The van der Waals surface area contributed by atoms with Gasteiger partial charge in [0.15, 0.2) is 0 Å². The van der Waals surface area contributed by atoms with Gasteiger partial charge in [0, 0.05) is 6.54 Å². The second kappa shape index (κ2) is 7.05. The Morgan fingerprint density at radius 2 is 2.15 bits per heavy atom. The van der Waals surface area contributed by atoms with Gasteiger partial charge in [-0.2, -0.15) is 0 Å². The summed E-state index contributed by atoms with van der Waals surface area (Å²) in [5.74, 6) is 0.756. The van der Waals surface area contributed by atoms with Crippen LogP contribution in [0.5, 0.6) is 5.75 Å². The molecule has 0 unspecified atom stereocenters. The maximum absolute atomic E-state index is 12.9. The van der Waals surface area contributed by atoms with Gasteiger partial charge < -0.3 is 10.1 Å². The molecule has 1 aromatic heterocycles. The summed E-state index contributed by atoms with van der Waals surface area (Å²) in [6, 6.07) is 3.99. The van der Waals surface area contributed by atoms with Crippen molar-refractivity contribution in [2.45, 2.75) is 20.0 Å². The van der Waals surface area contributed by atoms with Crippen molar-refractivity contribution in [2.24, 2.45) is 0 Å². The lowest BCUT2D eigenvalue weighted by Crippen LogP contribution is -2.04. The van der Waals surface area contributed by atoms with Crippen LogP contribution < -0.4 is 10.1 Å². The van der Waals surface area contributed by atoms with Crippen molar-refractivity contribution >= 4 is 17.4 Å². The third-order valence-corrected chi connectivity index (χ3v) is 2.83. The second-order valence-electron chi connectivity index (χ2n) is 4.18. The molecule has 1 aromatic carbocycles. The Bertz CT molecular complexity index is 563. The Morgan fingerprint density at radius 1 is 1.30 bits per heavy atom. The van der Waals surface area contributed by atoms with Gasteiger partial charge in [-0.1, -0.05) is 18.5 Å². The molecule has 0 spiro atoms. The Kier molecular flexibility index (Phi) is 5.12. The molecule has 0 bridgehead atoms. The van der Waals surface area contributed by atoms with Gasteiger partial charge in [0.1, 0.15) is 24.0 Å². The Balaban J connectivity index is 1.93. The zero-order valence-electron chi connectivity index (χ0n) is 11.1. The van der Waals surface area contributed by atoms with E-state index < -0.39 is 5.82 Å². The van der Waals surface area contributed by atoms with Crippen LogP contribution >= 0.6 is 11.6 Å². The molecule has 0 aliphatic heterocycles. The van der Waals surface area contributed by atoms with E-state index >= 15 is 0 Å². The molecule has 0 saturated heterocycles. The maximum Gasteiger partial charge on any atom is 0.144 e. The minimum atomic E-state index is -0.395. The molecule has 4 nitrogen and oxygen atoms in total. The van der Waals surface area contributed by atoms with Gasteiger partial charge in [-0.15, -0.1) is 0 Å². The van der Waals surface area contributed by atoms with Crippen molar-refractivity contribution < 1.29 is 9.13 Å². The molecule has 0 amide bonds. The van der Waals surface area contributed by atoms with Crippen LogP contribution in [0.25, 0.3) is 0 Å². The van der Waals surface area contributed by atoms with E-state index in [1.807, 2.05) is 0 Å². The lowest BCUT2D eigenvalue weighted by molar-refractivity contribution is 0.300. The van der Waals surface area contributed by atoms with Crippen LogP contribution in [0.15, 0.2) is 30.6 Å². The molecule has 0 fully saturated rings. The number of ether oxygens (including phenoxy) is 1. The van der Waals surface area contributed by atoms with E-state index in [1.165, 1.54) is 18.2 Å². The van der Waals surface area contributed by atoms with Crippen LogP contribution in [0.3, 0.4) is 0 Å². The number of halogens is 2. The molecule has 0 aliphatic rings. The van der Waals surface area contributed by atoms with Gasteiger partial charge in [-0.25, -0.2) is 9.37 Å². The number of nitrogens with one attached hydrogen (secondary N) is 1. The van der Waals surface area contributed by atoms with Crippen LogP contribution in [0.4, 0.5) is 10.2 Å². The number of aromatic nitrogens is 2. The smallest absolute Gasteiger partial charge is 0.144 e. The zero-order chi connectivity index (χ0) is 14.4. The first-order valence-corrected chi connectivity index (χ1v) is 6.69. The topological polar surface area (TPSA) is 47.0 Å². The minimum absolute atomic E-state index is 0.229. The van der Waals surface area contributed by atoms with Crippen molar-refractivity contribution in [3.63, 3.8) is 0 Å². The minimum Gasteiger partial charge on any atom is -0.486 e. The predicted octanol–water partition coefficient (Wildman–Crippen LogP) is 3.67. The molecular formula is C14H15ClFN3O. The molecule has 0 aliphatic carbocycles. The molecule has 2 rings (SSSR count). The fourth-order valence-corrected chi connectivity index (χ4v) is 1.74. The standard InChI is InChI=1S/C14H15ClFN3O/c1-2-5-17-14-8-18-11(7-19-14)9-20-13-4-3-10(16)6-12(13)15/h3-4,6-8H,2,5,9H2,1H3,(H,17,19). The summed E-state index contributed by atoms with van der Waals surface area (Å²) >= 11 is 5.87. The number of nitrogens with zero attached hydrogens (tertiary/aromatic N) is 2. The number of anilines is 1. The first-order chi connectivity index (χ1) is 9.69. The molecule has 1 N–H and O–H groups in total. The Labute approximate surface area is 122 Å². The molecule has 0 radical (unpaired) electrons. The molecule has 0 atom stereocenters. The summed E-state index contributed by atoms with van der Waals surface area (Å²) in [5, 5.41) is 3.37. The van der Waals surface area contributed by atoms with Gasteiger partial charge >= 0.3 is 0 Å². The van der Waals surface area contributed by atoms with Crippen LogP contribution in [-0.2, 0) is 6.61 Å². The van der Waals surface area contributed by atoms with Gasteiger partial charge in [0.2, 0.25) is 0 Å². The first kappa shape index (κ1) is 14.5. The predicted molar refractivity (Wildman–Crippen MR) is 76.6 cm³/mol. The molecule has 0 saturated carbocycles. The molecule has 20 heavy (non-hydrogen) atoms. The van der Waals surface area contributed by atoms with E-state index in [0.29, 0.717) is 11.4 Å². The van der Waals surface area contributed by atoms with Crippen molar-refractivity contribution in [2.75, 3.05) is 11.9 Å². The summed E-state index contributed by atoms with van der Waals surface area (Å²) in [6.07, 6.45) is 4.31. The average molecular weight is 296 g/mol. The van der Waals surface area contributed by atoms with Crippen LogP contribution in [-0.4, -0.2) is 16.5 Å². The lowest BCUT2D eigenvalue weighted by Gasteiger charge is -2.08. The van der Waals surface area contributed by atoms with Crippen LogP contribution in [0.2, 0.25) is 5.02 Å². The molecule has 2 aromatic rings. The third-order valence-electron chi connectivity index (χ3n) is 2.53. The van der Waals surface area contributed by atoms with E-state index in [4.69, 9.17) is 16.3 Å². The first-order valence-electron chi connectivity index (χ1n) is 6.31. The van der Waals surface area contributed by atoms with E-state index in [0.717, 1.165) is 18.8 Å². The highest BCUT2D eigenvalue weighted by Crippen LogP contribution is 2.25. The highest BCUT2D eigenvalue weighted by atomic mass is 35.5. The van der Waals surface area contributed by atoms with Crippen LogP contribution in [0, 0.1) is 5.82 Å². The van der Waals surface area contributed by atoms with Crippen molar-refractivity contribution in [1.29, 1.82) is 0 Å². The molecular weight excluding hydrogens is 281 g/mol. The van der Waals surface area contributed by atoms with E-state index in [2.05, 4.69) is 22.2 Å². The summed E-state index contributed by atoms with van der Waals surface area (Å²) in [4.78, 5) is 8.45. The normalized spacial score (nSPS) is 10.3. The third kappa shape index (κ3) is 4.06. The van der Waals surface area contributed by atoms with E-state index in [1.54, 1.807) is 12.4 Å². The Hall–Kier alpha value is -1.88. The molecule has 1 heterocycles. The summed E-state index contributed by atoms with van der Waals surface area (Å²) in [5.41, 5.74) is 0.674. The van der Waals surface area contributed by atoms with Gasteiger partial charge in [0.25, 0.3) is 0 Å².